The number of aryl methyl sites for hydroxylation is 1. The number of primary amides is 1. The molecule has 2 heterocycles. The molecule has 0 saturated carbocycles. The lowest BCUT2D eigenvalue weighted by molar-refractivity contribution is -0.119. The Labute approximate surface area is 110 Å². The molecule has 0 bridgehead atoms. The Hall–Kier alpha value is -2.18. The van der Waals surface area contributed by atoms with E-state index in [1.165, 1.54) is 6.20 Å². The number of carbonyl (C=O) groups is 2. The van der Waals surface area contributed by atoms with Crippen molar-refractivity contribution in [2.75, 3.05) is 11.4 Å². The van der Waals surface area contributed by atoms with Crippen LogP contribution in [0.5, 0.6) is 0 Å². The third-order valence-electron chi connectivity index (χ3n) is 3.29. The monoisotopic (exact) mass is 264 g/mol. The number of carbonyl (C=O) groups excluding carboxylic acids is 1. The van der Waals surface area contributed by atoms with Crippen molar-refractivity contribution in [2.24, 2.45) is 5.73 Å². The zero-order valence-corrected chi connectivity index (χ0v) is 10.7. The molecule has 19 heavy (non-hydrogen) atoms. The highest BCUT2D eigenvalue weighted by Gasteiger charge is 2.29. The summed E-state index contributed by atoms with van der Waals surface area (Å²) in [6, 6.07) is -0.413. The van der Waals surface area contributed by atoms with Crippen LogP contribution in [0.1, 0.15) is 35.3 Å². The summed E-state index contributed by atoms with van der Waals surface area (Å²) in [7, 11) is 0. The quantitative estimate of drug-likeness (QED) is 0.814. The Morgan fingerprint density at radius 1 is 1.47 bits per heavy atom. The molecule has 0 aliphatic carbocycles. The topological polar surface area (TPSA) is 109 Å². The molecule has 1 aliphatic rings. The molecule has 1 amide bonds. The minimum absolute atomic E-state index is 0.0661. The number of piperidine rings is 1. The number of nitrogens with zero attached hydrogens (tertiary/aromatic N) is 3. The Bertz CT molecular complexity index is 518. The normalized spacial score (nSPS) is 19.2. The van der Waals surface area contributed by atoms with Crippen molar-refractivity contribution in [2.45, 2.75) is 32.2 Å². The van der Waals surface area contributed by atoms with Crippen molar-refractivity contribution in [1.82, 2.24) is 9.97 Å². The summed E-state index contributed by atoms with van der Waals surface area (Å²) in [6.45, 7) is 2.26. The number of hydrogen-bond donors (Lipinski definition) is 2. The van der Waals surface area contributed by atoms with Gasteiger partial charge in [-0.3, -0.25) is 4.79 Å². The summed E-state index contributed by atoms with van der Waals surface area (Å²) in [5.74, 6) is -1.09. The molecular formula is C12H16N4O3. The van der Waals surface area contributed by atoms with Gasteiger partial charge >= 0.3 is 5.97 Å². The fourth-order valence-corrected chi connectivity index (χ4v) is 2.27. The molecule has 1 unspecified atom stereocenters. The fraction of sp³-hybridized carbons (Fsp3) is 0.500. The Morgan fingerprint density at radius 3 is 2.79 bits per heavy atom. The van der Waals surface area contributed by atoms with Gasteiger partial charge in [-0.05, 0) is 26.2 Å². The number of carboxylic acid groups (broad SMARTS) is 1. The number of rotatable bonds is 3. The first-order valence-electron chi connectivity index (χ1n) is 6.13. The molecule has 102 valence electrons. The van der Waals surface area contributed by atoms with Gasteiger partial charge in [-0.25, -0.2) is 14.8 Å². The van der Waals surface area contributed by atoms with E-state index < -0.39 is 17.9 Å². The molecular weight excluding hydrogens is 248 g/mol. The molecule has 1 aromatic rings. The molecule has 2 rings (SSSR count). The van der Waals surface area contributed by atoms with Crippen molar-refractivity contribution in [3.05, 3.63) is 17.5 Å². The molecule has 0 radical (unpaired) electrons. The summed E-state index contributed by atoms with van der Waals surface area (Å²) < 4.78 is 0. The van der Waals surface area contributed by atoms with Crippen LogP contribution in [0.25, 0.3) is 0 Å². The second-order valence-corrected chi connectivity index (χ2v) is 4.58. The van der Waals surface area contributed by atoms with E-state index in [4.69, 9.17) is 10.8 Å². The van der Waals surface area contributed by atoms with Gasteiger partial charge in [0.2, 0.25) is 11.9 Å². The molecule has 1 fully saturated rings. The van der Waals surface area contributed by atoms with Crippen molar-refractivity contribution in [3.8, 4) is 0 Å². The Kier molecular flexibility index (Phi) is 3.64. The van der Waals surface area contributed by atoms with Gasteiger partial charge in [0, 0.05) is 12.7 Å². The van der Waals surface area contributed by atoms with Crippen LogP contribution in [0.2, 0.25) is 0 Å². The van der Waals surface area contributed by atoms with Gasteiger partial charge in [0.25, 0.3) is 0 Å². The average Bonchev–Trinajstić information content (AvgIpc) is 2.38. The first-order valence-corrected chi connectivity index (χ1v) is 6.13. The van der Waals surface area contributed by atoms with Gasteiger partial charge in [-0.15, -0.1) is 0 Å². The number of hydrogen-bond acceptors (Lipinski definition) is 5. The maximum Gasteiger partial charge on any atom is 0.339 e. The standard InChI is InChI=1S/C12H16N4O3/c1-7-8(11(18)19)6-14-12(15-7)16-5-3-2-4-9(16)10(13)17/h6,9H,2-5H2,1H3,(H2,13,17)(H,18,19). The van der Waals surface area contributed by atoms with Crippen molar-refractivity contribution < 1.29 is 14.7 Å². The van der Waals surface area contributed by atoms with Crippen molar-refractivity contribution in [1.29, 1.82) is 0 Å². The highest BCUT2D eigenvalue weighted by Crippen LogP contribution is 2.22. The Morgan fingerprint density at radius 2 is 2.21 bits per heavy atom. The van der Waals surface area contributed by atoms with Crippen LogP contribution in [0.3, 0.4) is 0 Å². The summed E-state index contributed by atoms with van der Waals surface area (Å²) >= 11 is 0. The number of nitrogens with two attached hydrogens (primary N) is 1. The van der Waals surface area contributed by atoms with E-state index in [9.17, 15) is 9.59 Å². The van der Waals surface area contributed by atoms with E-state index >= 15 is 0 Å². The van der Waals surface area contributed by atoms with Gasteiger partial charge in [0.05, 0.1) is 11.3 Å². The summed E-state index contributed by atoms with van der Waals surface area (Å²) in [5.41, 5.74) is 5.83. The summed E-state index contributed by atoms with van der Waals surface area (Å²) in [6.07, 6.45) is 3.83. The minimum atomic E-state index is -1.06. The van der Waals surface area contributed by atoms with Crippen LogP contribution in [0, 0.1) is 6.92 Å². The summed E-state index contributed by atoms with van der Waals surface area (Å²) in [4.78, 5) is 32.3. The molecule has 1 aliphatic heterocycles. The number of amides is 1. The maximum absolute atomic E-state index is 11.4. The van der Waals surface area contributed by atoms with Crippen molar-refractivity contribution in [3.63, 3.8) is 0 Å². The van der Waals surface area contributed by atoms with E-state index in [2.05, 4.69) is 9.97 Å². The largest absolute Gasteiger partial charge is 0.478 e. The maximum atomic E-state index is 11.4. The second kappa shape index (κ2) is 5.21. The zero-order valence-electron chi connectivity index (χ0n) is 10.7. The first-order chi connectivity index (χ1) is 9.00. The first kappa shape index (κ1) is 13.3. The lowest BCUT2D eigenvalue weighted by Gasteiger charge is -2.33. The zero-order chi connectivity index (χ0) is 14.0. The smallest absolute Gasteiger partial charge is 0.339 e. The van der Waals surface area contributed by atoms with Crippen LogP contribution in [0.15, 0.2) is 6.20 Å². The number of aromatic carboxylic acids is 1. The number of anilines is 1. The SMILES string of the molecule is Cc1nc(N2CCCCC2C(N)=O)ncc1C(=O)O. The third-order valence-corrected chi connectivity index (χ3v) is 3.29. The van der Waals surface area contributed by atoms with Crippen LogP contribution in [-0.4, -0.2) is 39.5 Å². The predicted molar refractivity (Wildman–Crippen MR) is 67.9 cm³/mol. The number of carboxylic acids is 1. The van der Waals surface area contributed by atoms with E-state index in [1.54, 1.807) is 11.8 Å². The highest BCUT2D eigenvalue weighted by molar-refractivity contribution is 5.88. The molecule has 7 nitrogen and oxygen atoms in total. The average molecular weight is 264 g/mol. The van der Waals surface area contributed by atoms with Crippen LogP contribution in [-0.2, 0) is 4.79 Å². The van der Waals surface area contributed by atoms with Gasteiger partial charge in [-0.1, -0.05) is 0 Å². The minimum Gasteiger partial charge on any atom is -0.478 e. The van der Waals surface area contributed by atoms with Gasteiger partial charge in [-0.2, -0.15) is 0 Å². The van der Waals surface area contributed by atoms with Gasteiger partial charge in [0.15, 0.2) is 0 Å². The molecule has 1 atom stereocenters. The van der Waals surface area contributed by atoms with Crippen LogP contribution in [0.4, 0.5) is 5.95 Å². The molecule has 3 N–H and O–H groups in total. The van der Waals surface area contributed by atoms with Gasteiger partial charge in [0.1, 0.15) is 6.04 Å². The van der Waals surface area contributed by atoms with Crippen LogP contribution < -0.4 is 10.6 Å². The number of aromatic nitrogens is 2. The molecule has 0 aromatic carbocycles. The lowest BCUT2D eigenvalue weighted by Crippen LogP contribution is -2.48. The van der Waals surface area contributed by atoms with E-state index in [0.29, 0.717) is 24.6 Å². The molecule has 7 heteroatoms. The van der Waals surface area contributed by atoms with Crippen LogP contribution >= 0.6 is 0 Å². The van der Waals surface area contributed by atoms with Crippen molar-refractivity contribution >= 4 is 17.8 Å². The Balaban J connectivity index is 2.32. The summed E-state index contributed by atoms with van der Waals surface area (Å²) in [5, 5.41) is 8.94. The van der Waals surface area contributed by atoms with E-state index in [1.807, 2.05) is 0 Å². The molecule has 1 aromatic heterocycles. The highest BCUT2D eigenvalue weighted by atomic mass is 16.4. The fourth-order valence-electron chi connectivity index (χ4n) is 2.27. The predicted octanol–water partition coefficient (Wildman–Crippen LogP) is 0.327. The molecule has 1 saturated heterocycles. The van der Waals surface area contributed by atoms with E-state index in [-0.39, 0.29) is 5.56 Å². The molecule has 0 spiro atoms. The van der Waals surface area contributed by atoms with Gasteiger partial charge < -0.3 is 15.7 Å². The third kappa shape index (κ3) is 2.64. The van der Waals surface area contributed by atoms with E-state index in [0.717, 1.165) is 12.8 Å². The lowest BCUT2D eigenvalue weighted by atomic mass is 10.0. The second-order valence-electron chi connectivity index (χ2n) is 4.58.